The van der Waals surface area contributed by atoms with E-state index >= 15 is 0 Å². The van der Waals surface area contributed by atoms with Gasteiger partial charge >= 0.3 is 0 Å². The van der Waals surface area contributed by atoms with Crippen LogP contribution in [0.1, 0.15) is 38.6 Å². The van der Waals surface area contributed by atoms with Crippen molar-refractivity contribution >= 4 is 34.2 Å². The van der Waals surface area contributed by atoms with E-state index < -0.39 is 0 Å². The molecule has 158 valence electrons. The maximum absolute atomic E-state index is 12.3. The lowest BCUT2D eigenvalue weighted by Crippen LogP contribution is -2.35. The number of nitrogens with one attached hydrogen (secondary N) is 1. The smallest absolute Gasteiger partial charge is 0.221 e. The van der Waals surface area contributed by atoms with Crippen LogP contribution >= 0.6 is 11.6 Å². The Hall–Kier alpha value is -2.66. The number of carbonyl (C=O) groups is 1. The van der Waals surface area contributed by atoms with Gasteiger partial charge in [-0.15, -0.1) is 0 Å². The summed E-state index contributed by atoms with van der Waals surface area (Å²) in [7, 11) is 0. The molecule has 5 nitrogen and oxygen atoms in total. The number of hydrogen-bond donors (Lipinski definition) is 1. The van der Waals surface area contributed by atoms with Crippen LogP contribution in [-0.2, 0) is 17.6 Å². The summed E-state index contributed by atoms with van der Waals surface area (Å²) in [5, 5.41) is 4.58. The van der Waals surface area contributed by atoms with Crippen molar-refractivity contribution in [2.45, 2.75) is 46.1 Å². The van der Waals surface area contributed by atoms with Crippen LogP contribution in [0.15, 0.2) is 48.5 Å². The van der Waals surface area contributed by atoms with E-state index in [9.17, 15) is 4.79 Å². The molecule has 0 radical (unpaired) electrons. The molecule has 0 saturated heterocycles. The number of nitrogens with zero attached hydrogens (tertiary/aromatic N) is 3. The fourth-order valence-corrected chi connectivity index (χ4v) is 3.56. The predicted octanol–water partition coefficient (Wildman–Crippen LogP) is 4.81. The summed E-state index contributed by atoms with van der Waals surface area (Å²) in [5.41, 5.74) is 2.09. The Morgan fingerprint density at radius 3 is 2.57 bits per heavy atom. The van der Waals surface area contributed by atoms with E-state index in [1.807, 2.05) is 57.2 Å². The Kier molecular flexibility index (Phi) is 7.63. The Morgan fingerprint density at radius 1 is 1.10 bits per heavy atom. The van der Waals surface area contributed by atoms with E-state index in [0.717, 1.165) is 41.9 Å². The number of rotatable bonds is 9. The van der Waals surface area contributed by atoms with Crippen LogP contribution in [0.25, 0.3) is 10.9 Å². The molecule has 0 atom stereocenters. The van der Waals surface area contributed by atoms with Crippen molar-refractivity contribution in [1.29, 1.82) is 0 Å². The Balaban J connectivity index is 1.92. The third-order valence-corrected chi connectivity index (χ3v) is 5.11. The lowest BCUT2D eigenvalue weighted by atomic mass is 10.1. The molecule has 0 unspecified atom stereocenters. The molecule has 0 aliphatic heterocycles. The van der Waals surface area contributed by atoms with E-state index in [0.29, 0.717) is 18.0 Å². The fourth-order valence-electron chi connectivity index (χ4n) is 3.40. The number of benzene rings is 2. The SMILES string of the molecule is CCc1nc(N(CCC(=O)NC(C)C)CCc2ccccc2)c2ccc(Cl)cc2n1. The standard InChI is InChI=1S/C24H29ClN4O/c1-4-22-27-21-16-19(25)10-11-20(21)24(28-22)29(15-13-23(30)26-17(2)3)14-12-18-8-6-5-7-9-18/h5-11,16-17H,4,12-15H2,1-3H3,(H,26,30). The van der Waals surface area contributed by atoms with Gasteiger partial charge in [0.1, 0.15) is 11.6 Å². The number of halogens is 1. The molecule has 0 bridgehead atoms. The zero-order chi connectivity index (χ0) is 21.5. The largest absolute Gasteiger partial charge is 0.355 e. The van der Waals surface area contributed by atoms with Gasteiger partial charge in [-0.2, -0.15) is 0 Å². The summed E-state index contributed by atoms with van der Waals surface area (Å²) in [4.78, 5) is 24.0. The Morgan fingerprint density at radius 2 is 1.87 bits per heavy atom. The normalized spacial score (nSPS) is 11.1. The first-order valence-corrected chi connectivity index (χ1v) is 10.9. The van der Waals surface area contributed by atoms with E-state index in [1.165, 1.54) is 5.56 Å². The number of aryl methyl sites for hydroxylation is 1. The summed E-state index contributed by atoms with van der Waals surface area (Å²) in [5.74, 6) is 1.68. The van der Waals surface area contributed by atoms with Gasteiger partial charge in [0, 0.05) is 42.4 Å². The van der Waals surface area contributed by atoms with Gasteiger partial charge in [-0.3, -0.25) is 4.79 Å². The van der Waals surface area contributed by atoms with Crippen molar-refractivity contribution in [2.24, 2.45) is 0 Å². The molecular weight excluding hydrogens is 396 g/mol. The minimum atomic E-state index is 0.0480. The molecule has 1 aromatic heterocycles. The highest BCUT2D eigenvalue weighted by atomic mass is 35.5. The van der Waals surface area contributed by atoms with Crippen LogP contribution in [0.3, 0.4) is 0 Å². The van der Waals surface area contributed by atoms with Gasteiger partial charge in [-0.25, -0.2) is 9.97 Å². The molecular formula is C24H29ClN4O. The molecule has 30 heavy (non-hydrogen) atoms. The molecule has 0 spiro atoms. The van der Waals surface area contributed by atoms with Crippen LogP contribution in [0.4, 0.5) is 5.82 Å². The van der Waals surface area contributed by atoms with Crippen molar-refractivity contribution in [3.05, 3.63) is 64.9 Å². The number of anilines is 1. The number of carbonyl (C=O) groups excluding carboxylic acids is 1. The summed E-state index contributed by atoms with van der Waals surface area (Å²) >= 11 is 6.21. The van der Waals surface area contributed by atoms with Gasteiger partial charge in [0.2, 0.25) is 5.91 Å². The summed E-state index contributed by atoms with van der Waals surface area (Å²) in [6.07, 6.45) is 2.01. The molecule has 0 saturated carbocycles. The molecule has 1 heterocycles. The minimum absolute atomic E-state index is 0.0480. The van der Waals surface area contributed by atoms with Crippen molar-refractivity contribution in [2.75, 3.05) is 18.0 Å². The maximum Gasteiger partial charge on any atom is 0.221 e. The monoisotopic (exact) mass is 424 g/mol. The van der Waals surface area contributed by atoms with E-state index in [4.69, 9.17) is 16.6 Å². The van der Waals surface area contributed by atoms with Crippen LogP contribution in [0, 0.1) is 0 Å². The molecule has 1 amide bonds. The summed E-state index contributed by atoms with van der Waals surface area (Å²) in [6.45, 7) is 7.33. The van der Waals surface area contributed by atoms with E-state index in [1.54, 1.807) is 0 Å². The van der Waals surface area contributed by atoms with Crippen molar-refractivity contribution in [1.82, 2.24) is 15.3 Å². The average molecular weight is 425 g/mol. The van der Waals surface area contributed by atoms with Crippen molar-refractivity contribution < 1.29 is 4.79 Å². The zero-order valence-electron chi connectivity index (χ0n) is 17.9. The second kappa shape index (κ2) is 10.4. The first-order chi connectivity index (χ1) is 14.5. The minimum Gasteiger partial charge on any atom is -0.355 e. The van der Waals surface area contributed by atoms with Gasteiger partial charge in [0.15, 0.2) is 0 Å². The molecule has 0 aliphatic carbocycles. The Labute approximate surface area is 183 Å². The first kappa shape index (κ1) is 22.0. The zero-order valence-corrected chi connectivity index (χ0v) is 18.6. The maximum atomic E-state index is 12.3. The van der Waals surface area contributed by atoms with Crippen LogP contribution < -0.4 is 10.2 Å². The lowest BCUT2D eigenvalue weighted by Gasteiger charge is -2.25. The number of fused-ring (bicyclic) bond motifs is 1. The highest BCUT2D eigenvalue weighted by Gasteiger charge is 2.16. The van der Waals surface area contributed by atoms with Crippen molar-refractivity contribution in [3.63, 3.8) is 0 Å². The second-order valence-corrected chi connectivity index (χ2v) is 8.11. The molecule has 0 aliphatic rings. The highest BCUT2D eigenvalue weighted by Crippen LogP contribution is 2.27. The molecule has 1 N–H and O–H groups in total. The average Bonchev–Trinajstić information content (AvgIpc) is 2.73. The number of hydrogen-bond acceptors (Lipinski definition) is 4. The number of aromatic nitrogens is 2. The molecule has 2 aromatic carbocycles. The quantitative estimate of drug-likeness (QED) is 0.535. The van der Waals surface area contributed by atoms with Crippen LogP contribution in [0.5, 0.6) is 0 Å². The lowest BCUT2D eigenvalue weighted by molar-refractivity contribution is -0.121. The third-order valence-electron chi connectivity index (χ3n) is 4.87. The predicted molar refractivity (Wildman–Crippen MR) is 124 cm³/mol. The summed E-state index contributed by atoms with van der Waals surface area (Å²) in [6, 6.07) is 16.2. The second-order valence-electron chi connectivity index (χ2n) is 7.67. The molecule has 3 aromatic rings. The van der Waals surface area contributed by atoms with Gasteiger partial charge in [0.05, 0.1) is 5.52 Å². The molecule has 6 heteroatoms. The van der Waals surface area contributed by atoms with E-state index in [-0.39, 0.29) is 11.9 Å². The van der Waals surface area contributed by atoms with Gasteiger partial charge in [0.25, 0.3) is 0 Å². The fraction of sp³-hybridized carbons (Fsp3) is 0.375. The highest BCUT2D eigenvalue weighted by molar-refractivity contribution is 6.31. The van der Waals surface area contributed by atoms with Crippen molar-refractivity contribution in [3.8, 4) is 0 Å². The van der Waals surface area contributed by atoms with E-state index in [2.05, 4.69) is 27.3 Å². The van der Waals surface area contributed by atoms with Gasteiger partial charge in [-0.1, -0.05) is 48.9 Å². The molecule has 3 rings (SSSR count). The number of amides is 1. The Bertz CT molecular complexity index is 991. The van der Waals surface area contributed by atoms with Gasteiger partial charge in [-0.05, 0) is 44.0 Å². The van der Waals surface area contributed by atoms with Crippen LogP contribution in [-0.4, -0.2) is 35.0 Å². The van der Waals surface area contributed by atoms with Crippen LogP contribution in [0.2, 0.25) is 5.02 Å². The first-order valence-electron chi connectivity index (χ1n) is 10.5. The summed E-state index contributed by atoms with van der Waals surface area (Å²) < 4.78 is 0. The third kappa shape index (κ3) is 5.92. The topological polar surface area (TPSA) is 58.1 Å². The van der Waals surface area contributed by atoms with Gasteiger partial charge < -0.3 is 10.2 Å². The molecule has 0 fully saturated rings.